The van der Waals surface area contributed by atoms with E-state index in [-0.39, 0.29) is 27.5 Å². The maximum absolute atomic E-state index is 13.2. The van der Waals surface area contributed by atoms with Gasteiger partial charge in [0.25, 0.3) is 5.78 Å². The van der Waals surface area contributed by atoms with E-state index in [0.29, 0.717) is 15.6 Å². The molecule has 0 aliphatic carbocycles. The van der Waals surface area contributed by atoms with Gasteiger partial charge in [0.1, 0.15) is 5.75 Å². The van der Waals surface area contributed by atoms with Crippen LogP contribution in [-0.4, -0.2) is 24.1 Å². The molecule has 3 rings (SSSR count). The van der Waals surface area contributed by atoms with Crippen molar-refractivity contribution in [1.82, 2.24) is 4.98 Å². The number of ketones is 1. The summed E-state index contributed by atoms with van der Waals surface area (Å²) in [6.07, 6.45) is -2.37. The molecule has 0 bridgehead atoms. The average Bonchev–Trinajstić information content (AvgIpc) is 3.03. The average molecular weight is 500 g/mol. The Morgan fingerprint density at radius 2 is 2.03 bits per heavy atom. The Bertz CT molecular complexity index is 1230. The number of H-pyrrole nitrogens is 1. The number of carbonyl (C=O) groups excluding carboxylic acids is 1. The molecule has 30 heavy (non-hydrogen) atoms. The van der Waals surface area contributed by atoms with Crippen molar-refractivity contribution >= 4 is 62.1 Å². The smallest absolute Gasteiger partial charge is 0.454 e. The molecule has 0 aliphatic rings. The van der Waals surface area contributed by atoms with Gasteiger partial charge in [0.05, 0.1) is 23.4 Å². The lowest BCUT2D eigenvalue weighted by Gasteiger charge is -2.07. The predicted molar refractivity (Wildman–Crippen MR) is 112 cm³/mol. The fourth-order valence-corrected chi connectivity index (χ4v) is 3.47. The van der Waals surface area contributed by atoms with Crippen LogP contribution < -0.4 is 4.74 Å². The van der Waals surface area contributed by atoms with Crippen molar-refractivity contribution in [3.8, 4) is 5.75 Å². The van der Waals surface area contributed by atoms with Crippen LogP contribution in [0.4, 0.5) is 18.9 Å². The molecule has 0 fully saturated rings. The molecule has 11 heteroatoms. The van der Waals surface area contributed by atoms with E-state index in [4.69, 9.17) is 21.9 Å². The first-order valence-corrected chi connectivity index (χ1v) is 9.36. The molecule has 0 unspecified atom stereocenters. The van der Waals surface area contributed by atoms with Crippen LogP contribution in [0.2, 0.25) is 5.02 Å². The van der Waals surface area contributed by atoms with E-state index < -0.39 is 17.5 Å². The number of hydrogen-bond acceptors (Lipinski definition) is 3. The third-order valence-corrected chi connectivity index (χ3v) is 4.95. The molecule has 0 saturated heterocycles. The minimum absolute atomic E-state index is 0.0516. The molecule has 1 heterocycles. The van der Waals surface area contributed by atoms with Crippen LogP contribution in [0.1, 0.15) is 21.6 Å². The van der Waals surface area contributed by atoms with Crippen molar-refractivity contribution in [2.45, 2.75) is 6.18 Å². The van der Waals surface area contributed by atoms with E-state index in [0.717, 1.165) is 0 Å². The predicted octanol–water partition coefficient (Wildman–Crippen LogP) is 7.45. The number of nitrogens with zero attached hydrogens (tertiary/aromatic N) is 3. The topological polar surface area (TPSA) is 90.8 Å². The largest absolute Gasteiger partial charge is 0.495 e. The molecular weight excluding hydrogens is 489 g/mol. The minimum Gasteiger partial charge on any atom is -0.495 e. The van der Waals surface area contributed by atoms with Gasteiger partial charge in [-0.15, -0.1) is 0 Å². The van der Waals surface area contributed by atoms with Gasteiger partial charge in [0.15, 0.2) is 0 Å². The number of aromatic nitrogens is 1. The van der Waals surface area contributed by atoms with Crippen molar-refractivity contribution in [3.63, 3.8) is 0 Å². The van der Waals surface area contributed by atoms with E-state index >= 15 is 0 Å². The number of aromatic amines is 1. The van der Waals surface area contributed by atoms with Crippen LogP contribution in [0.25, 0.3) is 33.5 Å². The number of ether oxygens (including phenoxy) is 1. The Hall–Kier alpha value is -2.94. The van der Waals surface area contributed by atoms with E-state index in [9.17, 15) is 18.0 Å². The Kier molecular flexibility index (Phi) is 6.12. The summed E-state index contributed by atoms with van der Waals surface area (Å²) in [5.74, 6) is -1.71. The highest BCUT2D eigenvalue weighted by Gasteiger charge is 2.41. The first-order chi connectivity index (χ1) is 14.2. The number of methoxy groups -OCH3 is 1. The molecule has 154 valence electrons. The fraction of sp³-hybridized carbons (Fsp3) is 0.105. The third kappa shape index (κ3) is 4.30. The summed E-state index contributed by atoms with van der Waals surface area (Å²) in [6, 6.07) is 7.36. The molecule has 6 nitrogen and oxygen atoms in total. The van der Waals surface area contributed by atoms with Crippen molar-refractivity contribution in [1.29, 1.82) is 0 Å². The van der Waals surface area contributed by atoms with E-state index in [2.05, 4.69) is 30.9 Å². The molecule has 2 aromatic carbocycles. The number of fused-ring (bicyclic) bond motifs is 1. The molecule has 1 aromatic heterocycles. The zero-order chi connectivity index (χ0) is 22.1. The third-order valence-electron chi connectivity index (χ3n) is 4.16. The highest BCUT2D eigenvalue weighted by Crippen LogP contribution is 2.35. The molecule has 0 spiro atoms. The van der Waals surface area contributed by atoms with Gasteiger partial charge in [-0.05, 0) is 41.4 Å². The van der Waals surface area contributed by atoms with Gasteiger partial charge in [-0.2, -0.15) is 13.2 Å². The SMILES string of the molecule is COc1cc(N=[N+]=[N-])c(C=Cc2[nH]c3cc(Br)ccc3c2C(=O)C(F)(F)F)cc1Cl. The van der Waals surface area contributed by atoms with Gasteiger partial charge in [0.2, 0.25) is 0 Å². The van der Waals surface area contributed by atoms with Crippen LogP contribution >= 0.6 is 27.5 Å². The highest BCUT2D eigenvalue weighted by molar-refractivity contribution is 9.10. The number of alkyl halides is 3. The van der Waals surface area contributed by atoms with Crippen molar-refractivity contribution in [3.05, 3.63) is 67.1 Å². The lowest BCUT2D eigenvalue weighted by molar-refractivity contribution is -0.0884. The van der Waals surface area contributed by atoms with Crippen LogP contribution in [0, 0.1) is 0 Å². The summed E-state index contributed by atoms with van der Waals surface area (Å²) in [7, 11) is 1.38. The van der Waals surface area contributed by atoms with Gasteiger partial charge in [-0.25, -0.2) is 0 Å². The van der Waals surface area contributed by atoms with Gasteiger partial charge < -0.3 is 9.72 Å². The molecule has 1 N–H and O–H groups in total. The number of benzene rings is 2. The van der Waals surface area contributed by atoms with Gasteiger partial charge in [-0.3, -0.25) is 4.79 Å². The maximum atomic E-state index is 13.2. The summed E-state index contributed by atoms with van der Waals surface area (Å²) in [6.45, 7) is 0. The number of hydrogen-bond donors (Lipinski definition) is 1. The van der Waals surface area contributed by atoms with E-state index in [1.165, 1.54) is 37.5 Å². The second-order valence-corrected chi connectivity index (χ2v) is 7.32. The molecule has 0 radical (unpaired) electrons. The Balaban J connectivity index is 2.19. The normalized spacial score (nSPS) is 11.7. The Labute approximate surface area is 181 Å². The summed E-state index contributed by atoms with van der Waals surface area (Å²) in [5, 5.41) is 3.88. The summed E-state index contributed by atoms with van der Waals surface area (Å²) in [4.78, 5) is 17.6. The fourth-order valence-electron chi connectivity index (χ4n) is 2.86. The quantitative estimate of drug-likeness (QED) is 0.171. The van der Waals surface area contributed by atoms with Crippen LogP contribution in [0.5, 0.6) is 5.75 Å². The van der Waals surface area contributed by atoms with Crippen molar-refractivity contribution in [2.24, 2.45) is 5.11 Å². The lowest BCUT2D eigenvalue weighted by Crippen LogP contribution is -2.23. The van der Waals surface area contributed by atoms with Crippen molar-refractivity contribution in [2.75, 3.05) is 7.11 Å². The van der Waals surface area contributed by atoms with E-state index in [1.54, 1.807) is 12.1 Å². The molecular formula is C19H11BrClF3N4O2. The highest BCUT2D eigenvalue weighted by atomic mass is 79.9. The first kappa shape index (κ1) is 21.8. The van der Waals surface area contributed by atoms with Crippen LogP contribution in [-0.2, 0) is 0 Å². The molecule has 0 saturated carbocycles. The summed E-state index contributed by atoms with van der Waals surface area (Å²) in [5.41, 5.74) is 9.03. The zero-order valence-electron chi connectivity index (χ0n) is 15.1. The number of rotatable bonds is 5. The van der Waals surface area contributed by atoms with Gasteiger partial charge in [-0.1, -0.05) is 44.8 Å². The lowest BCUT2D eigenvalue weighted by atomic mass is 10.0. The number of carbonyl (C=O) groups is 1. The standard InChI is InChI=1S/C19H11BrClF3N4O2/c1-30-16-8-14(27-28-25)9(6-12(16)21)2-5-13-17(18(29)19(22,23)24)11-4-3-10(20)7-15(11)26-13/h2-8,26H,1H3. The minimum atomic E-state index is -5.05. The number of Topliss-reactive ketones (excluding diaryl/α,β-unsaturated/α-hetero) is 1. The molecule has 0 atom stereocenters. The maximum Gasteiger partial charge on any atom is 0.454 e. The van der Waals surface area contributed by atoms with Gasteiger partial charge in [0, 0.05) is 26.0 Å². The van der Waals surface area contributed by atoms with E-state index in [1.807, 2.05) is 0 Å². The Morgan fingerprint density at radius 3 is 2.67 bits per heavy atom. The Morgan fingerprint density at radius 1 is 1.30 bits per heavy atom. The monoisotopic (exact) mass is 498 g/mol. The summed E-state index contributed by atoms with van der Waals surface area (Å²) < 4.78 is 45.2. The zero-order valence-corrected chi connectivity index (χ0v) is 17.4. The molecule has 0 aliphatic heterocycles. The van der Waals surface area contributed by atoms with Crippen LogP contribution in [0.3, 0.4) is 0 Å². The number of halogens is 5. The second kappa shape index (κ2) is 8.43. The second-order valence-electron chi connectivity index (χ2n) is 6.00. The first-order valence-electron chi connectivity index (χ1n) is 8.19. The molecule has 3 aromatic rings. The van der Waals surface area contributed by atoms with Gasteiger partial charge >= 0.3 is 6.18 Å². The summed E-state index contributed by atoms with van der Waals surface area (Å²) >= 11 is 9.35. The van der Waals surface area contributed by atoms with Crippen molar-refractivity contribution < 1.29 is 22.7 Å². The molecule has 0 amide bonds. The number of nitrogens with one attached hydrogen (secondary N) is 1. The van der Waals surface area contributed by atoms with Crippen LogP contribution in [0.15, 0.2) is 39.9 Å². The number of azide groups is 1.